The largest absolute Gasteiger partial charge is 0.338 e. The molecule has 0 amide bonds. The average Bonchev–Trinajstić information content (AvgIpc) is 2.22. The molecule has 6 heteroatoms. The monoisotopic (exact) mass is 301 g/mol. The fraction of sp³-hybridized carbons (Fsp3) is 0.167. The van der Waals surface area contributed by atoms with E-state index >= 15 is 0 Å². The Bertz CT molecular complexity index is 556. The number of rotatable bonds is 2. The third kappa shape index (κ3) is 3.05. The lowest BCUT2D eigenvalue weighted by Gasteiger charge is -2.11. The van der Waals surface area contributed by atoms with E-state index < -0.39 is 0 Å². The first-order valence-corrected chi connectivity index (χ1v) is 6.33. The van der Waals surface area contributed by atoms with Crippen LogP contribution in [0.3, 0.4) is 0 Å². The van der Waals surface area contributed by atoms with Crippen molar-refractivity contribution in [3.8, 4) is 0 Å². The minimum Gasteiger partial charge on any atom is -0.338 e. The summed E-state index contributed by atoms with van der Waals surface area (Å²) in [6.07, 6.45) is 0. The van der Waals surface area contributed by atoms with Crippen LogP contribution in [0, 0.1) is 13.8 Å². The molecule has 0 saturated carbocycles. The lowest BCUT2D eigenvalue weighted by Crippen LogP contribution is -1.98. The summed E-state index contributed by atoms with van der Waals surface area (Å²) < 4.78 is 0. The zero-order valence-electron chi connectivity index (χ0n) is 9.76. The molecule has 94 valence electrons. The number of anilines is 2. The van der Waals surface area contributed by atoms with Crippen molar-refractivity contribution in [3.63, 3.8) is 0 Å². The smallest absolute Gasteiger partial charge is 0.135 e. The topological polar surface area (TPSA) is 37.8 Å². The summed E-state index contributed by atoms with van der Waals surface area (Å²) in [4.78, 5) is 8.19. The molecular weight excluding hydrogens is 293 g/mol. The van der Waals surface area contributed by atoms with Crippen LogP contribution >= 0.6 is 34.8 Å². The molecule has 0 aliphatic rings. The summed E-state index contributed by atoms with van der Waals surface area (Å²) >= 11 is 18.1. The summed E-state index contributed by atoms with van der Waals surface area (Å²) in [5.41, 5.74) is 1.60. The Kier molecular flexibility index (Phi) is 3.95. The molecule has 1 N–H and O–H groups in total. The van der Waals surface area contributed by atoms with Crippen LogP contribution in [0.5, 0.6) is 0 Å². The highest BCUT2D eigenvalue weighted by atomic mass is 35.5. The van der Waals surface area contributed by atoms with Gasteiger partial charge in [-0.15, -0.1) is 0 Å². The molecule has 0 atom stereocenters. The van der Waals surface area contributed by atoms with Gasteiger partial charge in [-0.25, -0.2) is 9.97 Å². The molecule has 2 rings (SSSR count). The van der Waals surface area contributed by atoms with E-state index in [2.05, 4.69) is 15.3 Å². The van der Waals surface area contributed by atoms with Gasteiger partial charge < -0.3 is 5.32 Å². The molecule has 3 nitrogen and oxygen atoms in total. The fourth-order valence-electron chi connectivity index (χ4n) is 1.54. The molecule has 0 radical (unpaired) electrons. The summed E-state index contributed by atoms with van der Waals surface area (Å²) in [6, 6.07) is 5.26. The van der Waals surface area contributed by atoms with E-state index in [-0.39, 0.29) is 0 Å². The van der Waals surface area contributed by atoms with Crippen LogP contribution in [-0.2, 0) is 0 Å². The number of hydrogen-bond donors (Lipinski definition) is 1. The molecular formula is C12H10Cl3N3. The van der Waals surface area contributed by atoms with E-state index in [1.165, 1.54) is 0 Å². The van der Waals surface area contributed by atoms with Crippen molar-refractivity contribution >= 4 is 46.3 Å². The Morgan fingerprint density at radius 2 is 1.56 bits per heavy atom. The number of nitrogens with one attached hydrogen (secondary N) is 1. The van der Waals surface area contributed by atoms with Crippen LogP contribution in [0.25, 0.3) is 0 Å². The Hall–Kier alpha value is -1.03. The van der Waals surface area contributed by atoms with Gasteiger partial charge in [-0.1, -0.05) is 34.8 Å². The predicted molar refractivity (Wildman–Crippen MR) is 76.3 cm³/mol. The summed E-state index contributed by atoms with van der Waals surface area (Å²) in [7, 11) is 0. The van der Waals surface area contributed by atoms with E-state index in [1.807, 2.05) is 19.1 Å². The van der Waals surface area contributed by atoms with Gasteiger partial charge in [0.1, 0.15) is 16.8 Å². The SMILES string of the molecule is Cc1cc(Cl)c(Nc2cc(Cl)nc(C)n2)c(Cl)c1. The summed E-state index contributed by atoms with van der Waals surface area (Å²) in [5.74, 6) is 1.13. The van der Waals surface area contributed by atoms with Gasteiger partial charge in [0.05, 0.1) is 15.7 Å². The lowest BCUT2D eigenvalue weighted by molar-refractivity contribution is 1.06. The van der Waals surface area contributed by atoms with Gasteiger partial charge >= 0.3 is 0 Å². The number of nitrogens with zero attached hydrogens (tertiary/aromatic N) is 2. The maximum Gasteiger partial charge on any atom is 0.135 e. The van der Waals surface area contributed by atoms with Gasteiger partial charge in [0.2, 0.25) is 0 Å². The fourth-order valence-corrected chi connectivity index (χ4v) is 2.46. The van der Waals surface area contributed by atoms with Crippen molar-refractivity contribution in [2.45, 2.75) is 13.8 Å². The van der Waals surface area contributed by atoms with Crippen LogP contribution in [0.1, 0.15) is 11.4 Å². The van der Waals surface area contributed by atoms with Crippen LogP contribution in [-0.4, -0.2) is 9.97 Å². The standard InChI is InChI=1S/C12H10Cl3N3/c1-6-3-8(13)12(9(14)4-6)18-11-5-10(15)16-7(2)17-11/h3-5H,1-2H3,(H,16,17,18). The normalized spacial score (nSPS) is 10.5. The third-order valence-corrected chi connectivity index (χ3v) is 3.04. The summed E-state index contributed by atoms with van der Waals surface area (Å²) in [6.45, 7) is 3.68. The number of aromatic nitrogens is 2. The van der Waals surface area contributed by atoms with Crippen LogP contribution in [0.4, 0.5) is 11.5 Å². The first kappa shape index (κ1) is 13.4. The zero-order valence-corrected chi connectivity index (χ0v) is 12.0. The highest BCUT2D eigenvalue weighted by Gasteiger charge is 2.09. The van der Waals surface area contributed by atoms with Gasteiger partial charge in [0, 0.05) is 6.07 Å². The van der Waals surface area contributed by atoms with Crippen LogP contribution < -0.4 is 5.32 Å². The molecule has 1 aromatic heterocycles. The van der Waals surface area contributed by atoms with E-state index in [4.69, 9.17) is 34.8 Å². The van der Waals surface area contributed by atoms with Crippen LogP contribution in [0.15, 0.2) is 18.2 Å². The van der Waals surface area contributed by atoms with Crippen molar-refractivity contribution in [2.75, 3.05) is 5.32 Å². The van der Waals surface area contributed by atoms with Crippen LogP contribution in [0.2, 0.25) is 15.2 Å². The second-order valence-electron chi connectivity index (χ2n) is 3.85. The van der Waals surface area contributed by atoms with E-state index in [0.717, 1.165) is 5.56 Å². The maximum atomic E-state index is 6.14. The van der Waals surface area contributed by atoms with E-state index in [9.17, 15) is 0 Å². The highest BCUT2D eigenvalue weighted by Crippen LogP contribution is 2.33. The molecule has 0 saturated heterocycles. The number of halogens is 3. The number of hydrogen-bond acceptors (Lipinski definition) is 3. The first-order chi connectivity index (χ1) is 8.45. The Balaban J connectivity index is 2.40. The van der Waals surface area contributed by atoms with Gasteiger partial charge in [0.25, 0.3) is 0 Å². The Labute approximate surface area is 120 Å². The number of benzene rings is 1. The van der Waals surface area contributed by atoms with Crippen molar-refractivity contribution in [2.24, 2.45) is 0 Å². The minimum absolute atomic E-state index is 0.365. The van der Waals surface area contributed by atoms with E-state index in [0.29, 0.717) is 32.5 Å². The Morgan fingerprint density at radius 1 is 0.944 bits per heavy atom. The van der Waals surface area contributed by atoms with Crippen molar-refractivity contribution in [3.05, 3.63) is 44.8 Å². The van der Waals surface area contributed by atoms with E-state index in [1.54, 1.807) is 13.0 Å². The molecule has 0 aliphatic carbocycles. The maximum absolute atomic E-state index is 6.14. The number of aryl methyl sites for hydroxylation is 2. The molecule has 18 heavy (non-hydrogen) atoms. The molecule has 0 unspecified atom stereocenters. The molecule has 1 aromatic carbocycles. The molecule has 0 aliphatic heterocycles. The molecule has 0 spiro atoms. The van der Waals surface area contributed by atoms with Gasteiger partial charge in [0.15, 0.2) is 0 Å². The highest BCUT2D eigenvalue weighted by molar-refractivity contribution is 6.39. The predicted octanol–water partition coefficient (Wildman–Crippen LogP) is 4.80. The molecule has 0 bridgehead atoms. The third-order valence-electron chi connectivity index (χ3n) is 2.25. The Morgan fingerprint density at radius 3 is 2.11 bits per heavy atom. The minimum atomic E-state index is 0.365. The van der Waals surface area contributed by atoms with Crippen molar-refractivity contribution < 1.29 is 0 Å². The zero-order chi connectivity index (χ0) is 13.3. The quantitative estimate of drug-likeness (QED) is 0.810. The second-order valence-corrected chi connectivity index (χ2v) is 5.05. The molecule has 2 aromatic rings. The molecule has 1 heterocycles. The summed E-state index contributed by atoms with van der Waals surface area (Å²) in [5, 5.41) is 4.48. The molecule has 0 fully saturated rings. The van der Waals surface area contributed by atoms with Gasteiger partial charge in [-0.3, -0.25) is 0 Å². The van der Waals surface area contributed by atoms with Gasteiger partial charge in [-0.2, -0.15) is 0 Å². The average molecular weight is 303 g/mol. The van der Waals surface area contributed by atoms with Gasteiger partial charge in [-0.05, 0) is 31.5 Å². The lowest BCUT2D eigenvalue weighted by atomic mass is 10.2. The van der Waals surface area contributed by atoms with Crippen molar-refractivity contribution in [1.82, 2.24) is 9.97 Å². The van der Waals surface area contributed by atoms with Crippen molar-refractivity contribution in [1.29, 1.82) is 0 Å². The second kappa shape index (κ2) is 5.31. The first-order valence-electron chi connectivity index (χ1n) is 5.19.